The maximum atomic E-state index is 12.5. The number of hydrogen-bond acceptors (Lipinski definition) is 1. The molecule has 0 atom stereocenters. The summed E-state index contributed by atoms with van der Waals surface area (Å²) < 4.78 is 12.5. The molecule has 0 amide bonds. The molecule has 1 aliphatic heterocycles. The second kappa shape index (κ2) is 3.51. The van der Waals surface area contributed by atoms with Crippen molar-refractivity contribution in [3.63, 3.8) is 0 Å². The van der Waals surface area contributed by atoms with E-state index >= 15 is 0 Å². The minimum atomic E-state index is -1.43. The Bertz CT molecular complexity index is 562. The van der Waals surface area contributed by atoms with Crippen molar-refractivity contribution in [1.29, 1.82) is 0 Å². The molecule has 1 aliphatic rings. The monoisotopic (exact) mass is 241 g/mol. The van der Waals surface area contributed by atoms with E-state index in [2.05, 4.69) is 26.0 Å². The van der Waals surface area contributed by atoms with Gasteiger partial charge in [-0.1, -0.05) is 54.8 Å². The van der Waals surface area contributed by atoms with Crippen LogP contribution in [0.5, 0.6) is 0 Å². The molecule has 0 radical (unpaired) electrons. The van der Waals surface area contributed by atoms with Crippen molar-refractivity contribution in [2.75, 3.05) is 0 Å². The van der Waals surface area contributed by atoms with Crippen LogP contribution in [-0.2, 0) is 9.98 Å². The van der Waals surface area contributed by atoms with Gasteiger partial charge in [0.15, 0.2) is 10.6 Å². The van der Waals surface area contributed by atoms with Gasteiger partial charge < -0.3 is 0 Å². The van der Waals surface area contributed by atoms with Gasteiger partial charge in [0.1, 0.15) is 0 Å². The third-order valence-corrected chi connectivity index (χ3v) is 5.25. The Morgan fingerprint density at radius 1 is 0.824 bits per heavy atom. The summed E-state index contributed by atoms with van der Waals surface area (Å²) in [5.74, 6) is 0. The van der Waals surface area contributed by atoms with Crippen LogP contribution in [0.25, 0.3) is 0 Å². The Labute approximate surface area is 102 Å². The molecule has 2 aromatic rings. The second-order valence-corrected chi connectivity index (χ2v) is 6.51. The zero-order chi connectivity index (χ0) is 12.0. The fraction of sp³-hybridized carbons (Fsp3) is 0.200. The lowest BCUT2D eigenvalue weighted by Gasteiger charge is -2.28. The molecule has 2 aromatic carbocycles. The Kier molecular flexibility index (Phi) is 2.21. The van der Waals surface area contributed by atoms with Crippen LogP contribution in [0.1, 0.15) is 25.0 Å². The highest BCUT2D eigenvalue weighted by atomic mass is 31.1. The average Bonchev–Trinajstić information content (AvgIpc) is 2.37. The first-order valence-corrected chi connectivity index (χ1v) is 7.04. The van der Waals surface area contributed by atoms with Crippen molar-refractivity contribution in [2.45, 2.75) is 19.3 Å². The Hall–Kier alpha value is -1.46. The van der Waals surface area contributed by atoms with Crippen LogP contribution in [0, 0.1) is 0 Å². The summed E-state index contributed by atoms with van der Waals surface area (Å²) in [6.07, 6.45) is 0. The molecule has 1 heterocycles. The van der Waals surface area contributed by atoms with Crippen LogP contribution in [0.15, 0.2) is 48.5 Å². The molecule has 0 spiro atoms. The molecule has 0 fully saturated rings. The van der Waals surface area contributed by atoms with Crippen LogP contribution >= 0.6 is 7.80 Å². The molecule has 0 aliphatic carbocycles. The number of benzene rings is 2. The summed E-state index contributed by atoms with van der Waals surface area (Å²) in [7, 11) is -1.43. The van der Waals surface area contributed by atoms with Gasteiger partial charge in [-0.2, -0.15) is 0 Å². The number of fused-ring (bicyclic) bond motifs is 2. The highest BCUT2D eigenvalue weighted by molar-refractivity contribution is 7.61. The SMILES string of the molecule is CC1(C)c2ccccc2[P+](=O)c2ccccc21. The van der Waals surface area contributed by atoms with E-state index in [9.17, 15) is 4.57 Å². The minimum absolute atomic E-state index is 0.0591. The fourth-order valence-corrected chi connectivity index (χ4v) is 4.48. The molecule has 0 saturated carbocycles. The standard InChI is InChI=1S/C15H14OP/c1-15(2)11-7-3-5-9-13(11)17(16)14-10-6-4-8-12(14)15/h3-10H,1-2H3/q+1. The summed E-state index contributed by atoms with van der Waals surface area (Å²) in [4.78, 5) is 0. The van der Waals surface area contributed by atoms with Gasteiger partial charge in [-0.05, 0) is 12.1 Å². The Balaban J connectivity index is 2.38. The van der Waals surface area contributed by atoms with Gasteiger partial charge in [-0.25, -0.2) is 0 Å². The lowest BCUT2D eigenvalue weighted by molar-refractivity contribution is 0.591. The lowest BCUT2D eigenvalue weighted by Crippen LogP contribution is -2.35. The largest absolute Gasteiger partial charge is 0.415 e. The molecule has 0 aromatic heterocycles. The first kappa shape index (κ1) is 10.7. The summed E-state index contributed by atoms with van der Waals surface area (Å²) in [6.45, 7) is 4.40. The molecule has 2 heteroatoms. The first-order valence-electron chi connectivity index (χ1n) is 5.78. The van der Waals surface area contributed by atoms with Gasteiger partial charge in [-0.15, -0.1) is 0 Å². The lowest BCUT2D eigenvalue weighted by atomic mass is 9.78. The minimum Gasteiger partial charge on any atom is -0.0616 e. The Morgan fingerprint density at radius 3 is 1.71 bits per heavy atom. The highest BCUT2D eigenvalue weighted by Gasteiger charge is 2.44. The van der Waals surface area contributed by atoms with Crippen LogP contribution in [0.2, 0.25) is 0 Å². The zero-order valence-electron chi connectivity index (χ0n) is 9.97. The average molecular weight is 241 g/mol. The van der Waals surface area contributed by atoms with E-state index in [1.54, 1.807) is 0 Å². The zero-order valence-corrected chi connectivity index (χ0v) is 10.9. The van der Waals surface area contributed by atoms with Crippen molar-refractivity contribution in [3.05, 3.63) is 59.7 Å². The van der Waals surface area contributed by atoms with Crippen LogP contribution in [-0.4, -0.2) is 0 Å². The predicted molar refractivity (Wildman–Crippen MR) is 71.9 cm³/mol. The van der Waals surface area contributed by atoms with E-state index in [1.807, 2.05) is 36.4 Å². The topological polar surface area (TPSA) is 17.1 Å². The van der Waals surface area contributed by atoms with E-state index in [1.165, 1.54) is 11.1 Å². The van der Waals surface area contributed by atoms with E-state index < -0.39 is 7.80 Å². The van der Waals surface area contributed by atoms with E-state index in [-0.39, 0.29) is 5.41 Å². The third-order valence-electron chi connectivity index (χ3n) is 3.59. The maximum absolute atomic E-state index is 12.5. The van der Waals surface area contributed by atoms with Crippen molar-refractivity contribution in [3.8, 4) is 0 Å². The normalized spacial score (nSPS) is 16.2. The van der Waals surface area contributed by atoms with Crippen molar-refractivity contribution in [1.82, 2.24) is 0 Å². The predicted octanol–water partition coefficient (Wildman–Crippen LogP) is 3.10. The van der Waals surface area contributed by atoms with Crippen molar-refractivity contribution >= 4 is 18.4 Å². The fourth-order valence-electron chi connectivity index (χ4n) is 2.63. The number of rotatable bonds is 0. The van der Waals surface area contributed by atoms with Crippen LogP contribution < -0.4 is 10.6 Å². The highest BCUT2D eigenvalue weighted by Crippen LogP contribution is 2.40. The molecule has 0 N–H and O–H groups in total. The summed E-state index contributed by atoms with van der Waals surface area (Å²) in [5, 5.41) is 1.98. The van der Waals surface area contributed by atoms with Gasteiger partial charge in [0, 0.05) is 16.5 Å². The summed E-state index contributed by atoms with van der Waals surface area (Å²) >= 11 is 0. The van der Waals surface area contributed by atoms with Gasteiger partial charge in [-0.3, -0.25) is 0 Å². The number of hydrogen-bond donors (Lipinski definition) is 0. The molecule has 1 nitrogen and oxygen atoms in total. The third kappa shape index (κ3) is 1.39. The summed E-state index contributed by atoms with van der Waals surface area (Å²) in [5.41, 5.74) is 2.33. The molecular weight excluding hydrogens is 227 g/mol. The van der Waals surface area contributed by atoms with Gasteiger partial charge in [0.25, 0.3) is 0 Å². The molecule has 0 unspecified atom stereocenters. The van der Waals surface area contributed by atoms with E-state index in [0.717, 1.165) is 10.6 Å². The molecule has 84 valence electrons. The van der Waals surface area contributed by atoms with Crippen molar-refractivity contribution < 1.29 is 4.57 Å². The first-order chi connectivity index (χ1) is 8.12. The molecule has 17 heavy (non-hydrogen) atoms. The maximum Gasteiger partial charge on any atom is 0.415 e. The molecule has 0 saturated heterocycles. The van der Waals surface area contributed by atoms with Crippen LogP contribution in [0.4, 0.5) is 0 Å². The summed E-state index contributed by atoms with van der Waals surface area (Å²) in [6, 6.07) is 16.2. The second-order valence-electron chi connectivity index (χ2n) is 4.95. The van der Waals surface area contributed by atoms with Gasteiger partial charge >= 0.3 is 7.80 Å². The molecule has 0 bridgehead atoms. The Morgan fingerprint density at radius 2 is 1.24 bits per heavy atom. The van der Waals surface area contributed by atoms with Crippen molar-refractivity contribution in [2.24, 2.45) is 0 Å². The van der Waals surface area contributed by atoms with Gasteiger partial charge in [0.2, 0.25) is 0 Å². The molecule has 3 rings (SSSR count). The van der Waals surface area contributed by atoms with Gasteiger partial charge in [0.05, 0.1) is 0 Å². The van der Waals surface area contributed by atoms with E-state index in [0.29, 0.717) is 0 Å². The molecular formula is C15H14OP+. The van der Waals surface area contributed by atoms with E-state index in [4.69, 9.17) is 0 Å². The quantitative estimate of drug-likeness (QED) is 0.648. The smallest absolute Gasteiger partial charge is 0.0616 e. The van der Waals surface area contributed by atoms with Crippen LogP contribution in [0.3, 0.4) is 0 Å².